The molecule has 13 nitrogen and oxygen atoms in total. The van der Waals surface area contributed by atoms with E-state index < -0.39 is 41.8 Å². The Morgan fingerprint density at radius 3 is 0.963 bits per heavy atom. The number of fused-ring (bicyclic) bond motifs is 1. The molecule has 1 N–H and O–H groups in total. The largest absolute Gasteiger partial charge is 4.00 e. The second-order valence-electron chi connectivity index (χ2n) is 10.4. The zero-order valence-electron chi connectivity index (χ0n) is 28.3. The Bertz CT molecular complexity index is 1770. The predicted molar refractivity (Wildman–Crippen MR) is 181 cm³/mol. The van der Waals surface area contributed by atoms with E-state index in [4.69, 9.17) is 5.26 Å². The summed E-state index contributed by atoms with van der Waals surface area (Å²) in [4.78, 5) is 65.1. The van der Waals surface area contributed by atoms with Gasteiger partial charge in [0, 0.05) is 0 Å². The van der Waals surface area contributed by atoms with Gasteiger partial charge in [-0.2, -0.15) is 5.26 Å². The maximum Gasteiger partial charge on any atom is 4.00 e. The first kappa shape index (κ1) is 45.3. The molecule has 5 aromatic carbocycles. The number of carboxylic acids is 4. The number of aliphatic hydroxyl groups is 1. The molecule has 1 unspecified atom stereocenters. The van der Waals surface area contributed by atoms with Crippen molar-refractivity contribution in [3.05, 3.63) is 179 Å². The second-order valence-corrected chi connectivity index (χ2v) is 10.4. The van der Waals surface area contributed by atoms with Crippen molar-refractivity contribution in [1.82, 2.24) is 4.90 Å². The van der Waals surface area contributed by atoms with Gasteiger partial charge < -0.3 is 44.7 Å². The number of rotatable bonds is 7. The molecule has 1 atom stereocenters. The molecular weight excluding hydrogens is 732 g/mol. The van der Waals surface area contributed by atoms with Crippen LogP contribution >= 0.6 is 0 Å². The summed E-state index contributed by atoms with van der Waals surface area (Å²) in [6.07, 6.45) is -1.10. The van der Waals surface area contributed by atoms with Crippen molar-refractivity contribution in [2.45, 2.75) is 12.5 Å². The summed E-state index contributed by atoms with van der Waals surface area (Å²) in [6.45, 7) is -0.139. The Kier molecular flexibility index (Phi) is 20.5. The number of nitrogens with zero attached hydrogens (tertiary/aromatic N) is 2. The molecule has 0 saturated heterocycles. The van der Waals surface area contributed by atoms with Crippen molar-refractivity contribution in [3.8, 4) is 6.07 Å². The van der Waals surface area contributed by atoms with Gasteiger partial charge in [0.15, 0.2) is 0 Å². The molecule has 5 aromatic rings. The van der Waals surface area contributed by atoms with Gasteiger partial charge in [0.1, 0.15) is 0 Å². The molecule has 0 saturated carbocycles. The average Bonchev–Trinajstić information content (AvgIpc) is 3.42. The van der Waals surface area contributed by atoms with Crippen LogP contribution in [0.5, 0.6) is 0 Å². The molecule has 0 fully saturated rings. The van der Waals surface area contributed by atoms with Crippen molar-refractivity contribution >= 4 is 35.7 Å². The van der Waals surface area contributed by atoms with Crippen molar-refractivity contribution in [1.29, 1.82) is 5.26 Å². The maximum atomic E-state index is 11.9. The maximum absolute atomic E-state index is 11.9. The van der Waals surface area contributed by atoms with E-state index in [0.29, 0.717) is 11.1 Å². The van der Waals surface area contributed by atoms with E-state index >= 15 is 0 Å². The smallest absolute Gasteiger partial charge is 0.545 e. The SMILES string of the molecule is N#CCC(O)CN1C(=O)c2ccccc2C1=O.O=C([O-])c1ccccc1.O=C([O-])c1ccccc1.O=C([O-])c1ccccc1.O=C([O-])c1ccccc1.[Ti+4]. The quantitative estimate of drug-likeness (QED) is 0.179. The van der Waals surface area contributed by atoms with E-state index in [-0.39, 0.29) is 56.9 Å². The van der Waals surface area contributed by atoms with E-state index in [1.54, 1.807) is 103 Å². The Hall–Kier alpha value is -6.72. The number of imide groups is 1. The first-order valence-electron chi connectivity index (χ1n) is 15.4. The van der Waals surface area contributed by atoms with Gasteiger partial charge in [-0.15, -0.1) is 0 Å². The minimum absolute atomic E-state index is 0. The summed E-state index contributed by atoms with van der Waals surface area (Å²) in [5, 5.41) is 58.2. The molecule has 6 rings (SSSR count). The Balaban J connectivity index is 0.000000347. The number of amides is 2. The van der Waals surface area contributed by atoms with E-state index in [2.05, 4.69) is 0 Å². The fourth-order valence-electron chi connectivity index (χ4n) is 4.08. The number of carbonyl (C=O) groups excluding carboxylic acids is 6. The fourth-order valence-corrected chi connectivity index (χ4v) is 4.08. The van der Waals surface area contributed by atoms with Crippen LogP contribution < -0.4 is 20.4 Å². The number of carboxylic acid groups (broad SMARTS) is 4. The van der Waals surface area contributed by atoms with Crippen LogP contribution in [0.1, 0.15) is 68.6 Å². The van der Waals surface area contributed by atoms with Crippen LogP contribution in [-0.4, -0.2) is 58.3 Å². The van der Waals surface area contributed by atoms with E-state index in [0.717, 1.165) is 4.90 Å². The summed E-state index contributed by atoms with van der Waals surface area (Å²) >= 11 is 0. The normalized spacial score (nSPS) is 10.9. The third-order valence-electron chi connectivity index (χ3n) is 6.64. The molecule has 0 radical (unpaired) electrons. The van der Waals surface area contributed by atoms with Crippen molar-refractivity contribution in [3.63, 3.8) is 0 Å². The van der Waals surface area contributed by atoms with Gasteiger partial charge in [-0.3, -0.25) is 14.5 Å². The molecule has 1 aliphatic rings. The van der Waals surface area contributed by atoms with Crippen LogP contribution in [0.4, 0.5) is 0 Å². The van der Waals surface area contributed by atoms with Crippen LogP contribution in [0.15, 0.2) is 146 Å². The van der Waals surface area contributed by atoms with Crippen LogP contribution in [0.2, 0.25) is 0 Å². The molecule has 1 heterocycles. The number of aromatic carboxylic acids is 4. The summed E-state index contributed by atoms with van der Waals surface area (Å²) in [7, 11) is 0. The fraction of sp³-hybridized carbons (Fsp3) is 0.0750. The first-order valence-corrected chi connectivity index (χ1v) is 15.4. The molecule has 54 heavy (non-hydrogen) atoms. The molecular formula is C40H30N2O11Ti. The van der Waals surface area contributed by atoms with Gasteiger partial charge in [0.05, 0.1) is 60.1 Å². The van der Waals surface area contributed by atoms with Gasteiger partial charge >= 0.3 is 21.7 Å². The molecule has 0 bridgehead atoms. The van der Waals surface area contributed by atoms with Crippen molar-refractivity contribution in [2.24, 2.45) is 0 Å². The summed E-state index contributed by atoms with van der Waals surface area (Å²) in [5.74, 6) is -5.34. The molecule has 0 aliphatic carbocycles. The number of nitriles is 1. The Morgan fingerprint density at radius 2 is 0.759 bits per heavy atom. The summed E-state index contributed by atoms with van der Waals surface area (Å²) < 4.78 is 0. The number of aliphatic hydroxyl groups excluding tert-OH is 1. The van der Waals surface area contributed by atoms with Crippen LogP contribution in [0.25, 0.3) is 0 Å². The number of carbonyl (C=O) groups is 6. The minimum Gasteiger partial charge on any atom is -0.545 e. The molecule has 0 aromatic heterocycles. The third-order valence-corrected chi connectivity index (χ3v) is 6.64. The number of benzene rings is 5. The van der Waals surface area contributed by atoms with Gasteiger partial charge in [-0.25, -0.2) is 0 Å². The van der Waals surface area contributed by atoms with Crippen molar-refractivity contribution in [2.75, 3.05) is 6.54 Å². The predicted octanol–water partition coefficient (Wildman–Crippen LogP) is 0.755. The monoisotopic (exact) mass is 762 g/mol. The zero-order chi connectivity index (χ0) is 39.2. The molecule has 1 aliphatic heterocycles. The number of β-amino-alcohol motifs (C(OH)–C–C–N with tert-alkyl or cyclic N) is 1. The molecule has 0 spiro atoms. The van der Waals surface area contributed by atoms with Gasteiger partial charge in [0.25, 0.3) is 11.8 Å². The Labute approximate surface area is 324 Å². The van der Waals surface area contributed by atoms with Crippen LogP contribution in [-0.2, 0) is 21.7 Å². The topological polar surface area (TPSA) is 242 Å². The van der Waals surface area contributed by atoms with E-state index in [1.807, 2.05) is 0 Å². The van der Waals surface area contributed by atoms with E-state index in [1.165, 1.54) is 48.5 Å². The number of hydrogen-bond acceptors (Lipinski definition) is 12. The Morgan fingerprint density at radius 1 is 0.519 bits per heavy atom. The van der Waals surface area contributed by atoms with Gasteiger partial charge in [0.2, 0.25) is 0 Å². The molecule has 270 valence electrons. The third kappa shape index (κ3) is 15.7. The zero-order valence-corrected chi connectivity index (χ0v) is 29.8. The van der Waals surface area contributed by atoms with Crippen LogP contribution in [0, 0.1) is 11.3 Å². The standard InChI is InChI=1S/C12H10N2O3.4C7H6O2.Ti/c13-6-5-8(15)7-14-11(16)9-3-1-2-4-10(9)12(14)17;4*8-7(9)6-4-2-1-3-5-6;/h1-4,8,15H,5,7H2;4*1-5H,(H,8,9);/q;;;;;+4/p-4. The van der Waals surface area contributed by atoms with E-state index in [9.17, 15) is 54.3 Å². The van der Waals surface area contributed by atoms with Gasteiger partial charge in [-0.05, 0) is 34.4 Å². The first-order chi connectivity index (χ1) is 25.4. The second kappa shape index (κ2) is 24.5. The minimum atomic E-state index is -1.13. The number of hydrogen-bond donors (Lipinski definition) is 1. The van der Waals surface area contributed by atoms with Gasteiger partial charge in [-0.1, -0.05) is 133 Å². The summed E-state index contributed by atoms with van der Waals surface area (Å²) in [6, 6.07) is 40.6. The summed E-state index contributed by atoms with van der Waals surface area (Å²) in [5.41, 5.74) is 1.58. The molecule has 14 heteroatoms. The average molecular weight is 763 g/mol. The van der Waals surface area contributed by atoms with Crippen molar-refractivity contribution < 1.29 is 76.0 Å². The molecule has 2 amide bonds. The van der Waals surface area contributed by atoms with Crippen LogP contribution in [0.3, 0.4) is 0 Å².